The number of hydrogen-bond acceptors (Lipinski definition) is 6. The van der Waals surface area contributed by atoms with E-state index in [9.17, 15) is 19.4 Å². The summed E-state index contributed by atoms with van der Waals surface area (Å²) in [6, 6.07) is -0.906. The van der Waals surface area contributed by atoms with Crippen molar-refractivity contribution in [2.24, 2.45) is 0 Å². The smallest absolute Gasteiger partial charge is 0.268 e. The number of quaternary nitrogens is 1. The number of hydrogen-bond donors (Lipinski definition) is 2. The molecule has 0 aromatic carbocycles. The normalized spacial score (nSPS) is 14.4. The maximum Gasteiger partial charge on any atom is 0.268 e. The molecule has 2 N–H and O–H groups in total. The predicted molar refractivity (Wildman–Crippen MR) is 343 cm³/mol. The monoisotopic (exact) mass is 1120 g/mol. The van der Waals surface area contributed by atoms with Gasteiger partial charge in [0.05, 0.1) is 39.9 Å². The molecular formula is C70H127N2O6P. The molecule has 0 aliphatic heterocycles. The van der Waals surface area contributed by atoms with E-state index in [1.54, 1.807) is 6.08 Å². The number of amides is 1. The molecule has 0 bridgehead atoms. The molecule has 9 heteroatoms. The van der Waals surface area contributed by atoms with Crippen LogP contribution in [0, 0.1) is 0 Å². The number of aliphatic hydroxyl groups excluding tert-OH is 1. The van der Waals surface area contributed by atoms with Crippen molar-refractivity contribution in [2.75, 3.05) is 40.9 Å². The summed E-state index contributed by atoms with van der Waals surface area (Å²) in [5.74, 6) is -0.217. The van der Waals surface area contributed by atoms with Gasteiger partial charge in [0, 0.05) is 6.42 Å². The van der Waals surface area contributed by atoms with E-state index in [1.165, 1.54) is 167 Å². The first kappa shape index (κ1) is 76.4. The van der Waals surface area contributed by atoms with Crippen molar-refractivity contribution in [3.8, 4) is 0 Å². The zero-order valence-electron chi connectivity index (χ0n) is 52.3. The number of likely N-dealkylation sites (N-methyl/N-ethyl adjacent to an activating group) is 1. The molecule has 0 saturated carbocycles. The summed E-state index contributed by atoms with van der Waals surface area (Å²) in [4.78, 5) is 25.6. The Labute approximate surface area is 489 Å². The molecule has 0 fully saturated rings. The SMILES string of the molecule is CC/C=C\C/C=C\C/C=C\C/C=C\C/C=C\C/C=C\C/C=C\CCCCCCCC(=O)NC(COP(=O)([O-])OCC[N+](C)(C)C)C(O)/C=C/CCCCCCCCCCCCCCCCCCCCCCCCCCCCCC. The van der Waals surface area contributed by atoms with Crippen molar-refractivity contribution >= 4 is 13.7 Å². The molecule has 3 unspecified atom stereocenters. The van der Waals surface area contributed by atoms with Gasteiger partial charge >= 0.3 is 0 Å². The molecule has 3 atom stereocenters. The number of allylic oxidation sites excluding steroid dienone is 15. The molecule has 0 aromatic heterocycles. The van der Waals surface area contributed by atoms with E-state index in [0.29, 0.717) is 17.4 Å². The zero-order chi connectivity index (χ0) is 57.7. The van der Waals surface area contributed by atoms with Crippen molar-refractivity contribution in [3.05, 3.63) is 97.2 Å². The number of rotatable bonds is 60. The fourth-order valence-electron chi connectivity index (χ4n) is 9.43. The average Bonchev–Trinajstić information content (AvgIpc) is 3.42. The van der Waals surface area contributed by atoms with Crippen LogP contribution < -0.4 is 10.2 Å². The third-order valence-electron chi connectivity index (χ3n) is 14.5. The molecule has 0 aliphatic carbocycles. The lowest BCUT2D eigenvalue weighted by Crippen LogP contribution is -2.45. The van der Waals surface area contributed by atoms with Crippen molar-refractivity contribution in [2.45, 2.75) is 302 Å². The Morgan fingerprint density at radius 2 is 0.772 bits per heavy atom. The summed E-state index contributed by atoms with van der Waals surface area (Å²) in [6.45, 7) is 4.54. The quantitative estimate of drug-likeness (QED) is 0.0272. The summed E-state index contributed by atoms with van der Waals surface area (Å²) < 4.78 is 23.4. The van der Waals surface area contributed by atoms with Gasteiger partial charge in [-0.05, 0) is 77.0 Å². The van der Waals surface area contributed by atoms with E-state index in [2.05, 4.69) is 104 Å². The van der Waals surface area contributed by atoms with Gasteiger partial charge in [-0.25, -0.2) is 0 Å². The van der Waals surface area contributed by atoms with E-state index in [0.717, 1.165) is 103 Å². The van der Waals surface area contributed by atoms with Gasteiger partial charge in [-0.15, -0.1) is 0 Å². The topological polar surface area (TPSA) is 108 Å². The van der Waals surface area contributed by atoms with Crippen LogP contribution in [-0.4, -0.2) is 68.5 Å². The van der Waals surface area contributed by atoms with Crippen LogP contribution in [0.3, 0.4) is 0 Å². The summed E-state index contributed by atoms with van der Waals surface area (Å²) in [7, 11) is 1.24. The number of unbranched alkanes of at least 4 members (excludes halogenated alkanes) is 33. The van der Waals surface area contributed by atoms with Crippen LogP contribution in [-0.2, 0) is 18.4 Å². The van der Waals surface area contributed by atoms with E-state index >= 15 is 0 Å². The maximum atomic E-state index is 13.0. The van der Waals surface area contributed by atoms with Crippen LogP contribution in [0.2, 0.25) is 0 Å². The van der Waals surface area contributed by atoms with Crippen molar-refractivity contribution < 1.29 is 32.9 Å². The number of nitrogens with zero attached hydrogens (tertiary/aromatic N) is 1. The highest BCUT2D eigenvalue weighted by atomic mass is 31.2. The second-order valence-corrected chi connectivity index (χ2v) is 24.9. The minimum atomic E-state index is -4.62. The lowest BCUT2D eigenvalue weighted by atomic mass is 10.0. The Morgan fingerprint density at radius 3 is 1.13 bits per heavy atom. The first-order valence-electron chi connectivity index (χ1n) is 33.1. The summed E-state index contributed by atoms with van der Waals surface area (Å²) in [5.41, 5.74) is 0. The third-order valence-corrected chi connectivity index (χ3v) is 15.5. The molecule has 458 valence electrons. The Morgan fingerprint density at radius 1 is 0.456 bits per heavy atom. The van der Waals surface area contributed by atoms with E-state index in [4.69, 9.17) is 9.05 Å². The molecule has 0 radical (unpaired) electrons. The fraction of sp³-hybridized carbons (Fsp3) is 0.757. The van der Waals surface area contributed by atoms with Crippen LogP contribution in [0.4, 0.5) is 0 Å². The predicted octanol–water partition coefficient (Wildman–Crippen LogP) is 20.3. The number of phosphoric acid groups is 1. The molecule has 8 nitrogen and oxygen atoms in total. The summed E-state index contributed by atoms with van der Waals surface area (Å²) >= 11 is 0. The van der Waals surface area contributed by atoms with Crippen molar-refractivity contribution in [1.82, 2.24) is 5.32 Å². The van der Waals surface area contributed by atoms with Crippen LogP contribution in [0.1, 0.15) is 290 Å². The van der Waals surface area contributed by atoms with Crippen LogP contribution in [0.25, 0.3) is 0 Å². The third kappa shape index (κ3) is 62.9. The standard InChI is InChI=1S/C70H127N2O6P/c1-6-8-10-12-14-16-18-20-22-24-26-28-30-32-34-35-36-38-39-41-43-45-47-49-51-53-55-57-59-61-63-69(73)68(67-78-79(75,76)77-66-65-72(3,4)5)71-70(74)64-62-60-58-56-54-52-50-48-46-44-42-40-37-33-31-29-27-25-23-21-19-17-15-13-11-9-7-2/h9,11,15,17,21,23,27,29,33,37,42,44,48,50,61,63,68-69,73H,6-8,10,12-14,16,18-20,22,24-26,28,30-32,34-36,38-41,43,45-47,49,51-60,62,64-67H2,1-5H3,(H-,71,74,75,76)/b11-9-,17-15-,23-21-,29-27-,37-33-,44-42-,50-48-,63-61+. The zero-order valence-corrected chi connectivity index (χ0v) is 53.2. The lowest BCUT2D eigenvalue weighted by molar-refractivity contribution is -0.870. The van der Waals surface area contributed by atoms with Gasteiger partial charge < -0.3 is 28.8 Å². The van der Waals surface area contributed by atoms with Crippen LogP contribution >= 0.6 is 7.82 Å². The lowest BCUT2D eigenvalue weighted by Gasteiger charge is -2.29. The van der Waals surface area contributed by atoms with Gasteiger partial charge in [0.25, 0.3) is 7.82 Å². The first-order chi connectivity index (χ1) is 38.5. The number of aliphatic hydroxyl groups is 1. The van der Waals surface area contributed by atoms with E-state index in [-0.39, 0.29) is 12.5 Å². The fourth-order valence-corrected chi connectivity index (χ4v) is 10.2. The van der Waals surface area contributed by atoms with Crippen molar-refractivity contribution in [3.63, 3.8) is 0 Å². The van der Waals surface area contributed by atoms with Crippen LogP contribution in [0.5, 0.6) is 0 Å². The van der Waals surface area contributed by atoms with Crippen LogP contribution in [0.15, 0.2) is 97.2 Å². The number of nitrogens with one attached hydrogen (secondary N) is 1. The van der Waals surface area contributed by atoms with Gasteiger partial charge in [0.2, 0.25) is 5.91 Å². The van der Waals surface area contributed by atoms with E-state index in [1.807, 2.05) is 27.2 Å². The Bertz CT molecular complexity index is 1610. The number of phosphoric ester groups is 1. The summed E-state index contributed by atoms with van der Waals surface area (Å²) in [6.07, 6.45) is 86.5. The molecule has 79 heavy (non-hydrogen) atoms. The maximum absolute atomic E-state index is 13.0. The molecule has 0 heterocycles. The average molecular weight is 1120 g/mol. The Balaban J connectivity index is 4.19. The number of carbonyl (C=O) groups is 1. The van der Waals surface area contributed by atoms with Gasteiger partial charge in [0.15, 0.2) is 0 Å². The second-order valence-electron chi connectivity index (χ2n) is 23.4. The largest absolute Gasteiger partial charge is 0.756 e. The van der Waals surface area contributed by atoms with E-state index < -0.39 is 26.6 Å². The molecule has 0 aromatic rings. The second kappa shape index (κ2) is 60.0. The van der Waals surface area contributed by atoms with Crippen molar-refractivity contribution in [1.29, 1.82) is 0 Å². The Hall–Kier alpha value is -2.58. The highest BCUT2D eigenvalue weighted by Gasteiger charge is 2.23. The molecular weight excluding hydrogens is 996 g/mol. The molecule has 0 spiro atoms. The molecule has 0 saturated heterocycles. The molecule has 0 rings (SSSR count). The minimum absolute atomic E-state index is 0.00988. The van der Waals surface area contributed by atoms with Gasteiger partial charge in [-0.2, -0.15) is 0 Å². The number of carbonyl (C=O) groups excluding carboxylic acids is 1. The summed E-state index contributed by atoms with van der Waals surface area (Å²) in [5, 5.41) is 13.9. The highest BCUT2D eigenvalue weighted by molar-refractivity contribution is 7.45. The minimum Gasteiger partial charge on any atom is -0.756 e. The van der Waals surface area contributed by atoms with Gasteiger partial charge in [-0.3, -0.25) is 9.36 Å². The Kier molecular flexibility index (Phi) is 58.1. The highest BCUT2D eigenvalue weighted by Crippen LogP contribution is 2.38. The first-order valence-corrected chi connectivity index (χ1v) is 34.6. The van der Waals surface area contributed by atoms with Gasteiger partial charge in [-0.1, -0.05) is 304 Å². The molecule has 1 amide bonds. The molecule has 0 aliphatic rings. The van der Waals surface area contributed by atoms with Gasteiger partial charge in [0.1, 0.15) is 13.2 Å².